The van der Waals surface area contributed by atoms with E-state index in [2.05, 4.69) is 9.97 Å². The predicted octanol–water partition coefficient (Wildman–Crippen LogP) is 2.27. The van der Waals surface area contributed by atoms with Gasteiger partial charge in [-0.3, -0.25) is 4.79 Å². The van der Waals surface area contributed by atoms with Gasteiger partial charge in [-0.15, -0.1) is 0 Å². The zero-order chi connectivity index (χ0) is 12.3. The molecular weight excluding hydrogens is 216 g/mol. The van der Waals surface area contributed by atoms with E-state index in [0.717, 1.165) is 17.4 Å². The number of carbonyl (C=O) groups excluding carboxylic acids is 1. The Labute approximate surface area is 99.3 Å². The van der Waals surface area contributed by atoms with E-state index in [9.17, 15) is 4.79 Å². The molecule has 0 fully saturated rings. The van der Waals surface area contributed by atoms with Crippen molar-refractivity contribution in [3.63, 3.8) is 0 Å². The number of aryl methyl sites for hydroxylation is 1. The van der Waals surface area contributed by atoms with Gasteiger partial charge in [0.25, 0.3) is 0 Å². The summed E-state index contributed by atoms with van der Waals surface area (Å²) in [4.78, 5) is 19.3. The molecule has 17 heavy (non-hydrogen) atoms. The number of ether oxygens (including phenoxy) is 1. The number of hydrogen-bond acceptors (Lipinski definition) is 4. The van der Waals surface area contributed by atoms with Gasteiger partial charge in [-0.1, -0.05) is 0 Å². The highest BCUT2D eigenvalue weighted by Gasteiger charge is 2.06. The summed E-state index contributed by atoms with van der Waals surface area (Å²) in [6.45, 7) is 1.82. The molecule has 0 saturated carbocycles. The van der Waals surface area contributed by atoms with Crippen LogP contribution in [0.2, 0.25) is 0 Å². The van der Waals surface area contributed by atoms with Crippen molar-refractivity contribution in [2.24, 2.45) is 0 Å². The van der Waals surface area contributed by atoms with Crippen molar-refractivity contribution in [2.45, 2.75) is 6.92 Å². The van der Waals surface area contributed by atoms with Crippen LogP contribution < -0.4 is 4.74 Å². The number of carbonyl (C=O) groups is 1. The van der Waals surface area contributed by atoms with Crippen molar-refractivity contribution in [1.29, 1.82) is 0 Å². The molecule has 1 heterocycles. The van der Waals surface area contributed by atoms with Crippen LogP contribution in [0.1, 0.15) is 16.2 Å². The van der Waals surface area contributed by atoms with Crippen molar-refractivity contribution >= 4 is 6.29 Å². The lowest BCUT2D eigenvalue weighted by Gasteiger charge is -2.06. The number of aldehydes is 1. The fraction of sp³-hybridized carbons (Fsp3) is 0.154. The van der Waals surface area contributed by atoms with Crippen LogP contribution in [0.15, 0.2) is 30.6 Å². The molecule has 0 aliphatic heterocycles. The summed E-state index contributed by atoms with van der Waals surface area (Å²) in [6, 6.07) is 5.33. The molecule has 86 valence electrons. The monoisotopic (exact) mass is 228 g/mol. The largest absolute Gasteiger partial charge is 0.497 e. The normalized spacial score (nSPS) is 10.0. The summed E-state index contributed by atoms with van der Waals surface area (Å²) < 4.78 is 5.08. The number of hydrogen-bond donors (Lipinski definition) is 0. The van der Waals surface area contributed by atoms with Gasteiger partial charge in [0, 0.05) is 23.5 Å². The van der Waals surface area contributed by atoms with Crippen molar-refractivity contribution in [2.75, 3.05) is 7.11 Å². The second-order valence-corrected chi connectivity index (χ2v) is 3.59. The lowest BCUT2D eigenvalue weighted by atomic mass is 10.0. The fourth-order valence-corrected chi connectivity index (χ4v) is 1.56. The van der Waals surface area contributed by atoms with Gasteiger partial charge in [0.1, 0.15) is 11.6 Å². The molecule has 2 aromatic rings. The van der Waals surface area contributed by atoms with Crippen molar-refractivity contribution < 1.29 is 9.53 Å². The Morgan fingerprint density at radius 1 is 1.24 bits per heavy atom. The molecule has 1 aromatic carbocycles. The minimum Gasteiger partial charge on any atom is -0.497 e. The third-order valence-electron chi connectivity index (χ3n) is 2.48. The highest BCUT2D eigenvalue weighted by atomic mass is 16.5. The summed E-state index contributed by atoms with van der Waals surface area (Å²) in [6.07, 6.45) is 4.21. The molecule has 2 rings (SSSR count). The molecule has 0 aliphatic carbocycles. The summed E-state index contributed by atoms with van der Waals surface area (Å²) in [7, 11) is 1.57. The molecule has 4 heteroatoms. The first-order valence-corrected chi connectivity index (χ1v) is 5.17. The number of rotatable bonds is 3. The summed E-state index contributed by atoms with van der Waals surface area (Å²) in [5.41, 5.74) is 2.19. The van der Waals surface area contributed by atoms with E-state index < -0.39 is 0 Å². The molecule has 0 unspecified atom stereocenters. The van der Waals surface area contributed by atoms with Crippen molar-refractivity contribution in [1.82, 2.24) is 9.97 Å². The Morgan fingerprint density at radius 2 is 1.94 bits per heavy atom. The first kappa shape index (κ1) is 11.3. The quantitative estimate of drug-likeness (QED) is 0.756. The highest BCUT2D eigenvalue weighted by molar-refractivity contribution is 5.87. The van der Waals surface area contributed by atoms with Gasteiger partial charge in [0.15, 0.2) is 6.29 Å². The topological polar surface area (TPSA) is 52.1 Å². The molecule has 0 saturated heterocycles. The molecule has 0 aliphatic rings. The SMILES string of the molecule is COc1ccc(-c2cnc(C)nc2)c(C=O)c1. The zero-order valence-corrected chi connectivity index (χ0v) is 9.68. The van der Waals surface area contributed by atoms with Crippen molar-refractivity contribution in [3.05, 3.63) is 42.0 Å². The van der Waals surface area contributed by atoms with Crippen LogP contribution in [0.5, 0.6) is 5.75 Å². The molecular formula is C13H12N2O2. The first-order valence-electron chi connectivity index (χ1n) is 5.17. The molecule has 1 aromatic heterocycles. The predicted molar refractivity (Wildman–Crippen MR) is 64.1 cm³/mol. The molecule has 0 spiro atoms. The van der Waals surface area contributed by atoms with E-state index >= 15 is 0 Å². The maximum atomic E-state index is 11.0. The third kappa shape index (κ3) is 2.30. The second kappa shape index (κ2) is 4.74. The zero-order valence-electron chi connectivity index (χ0n) is 9.68. The fourth-order valence-electron chi connectivity index (χ4n) is 1.56. The Kier molecular flexibility index (Phi) is 3.14. The van der Waals surface area contributed by atoms with E-state index in [1.165, 1.54) is 0 Å². The Hall–Kier alpha value is -2.23. The van der Waals surface area contributed by atoms with E-state index in [4.69, 9.17) is 4.74 Å². The average molecular weight is 228 g/mol. The number of nitrogens with zero attached hydrogens (tertiary/aromatic N) is 2. The van der Waals surface area contributed by atoms with E-state index in [1.807, 2.05) is 19.1 Å². The van der Waals surface area contributed by atoms with Crippen molar-refractivity contribution in [3.8, 4) is 16.9 Å². The van der Waals surface area contributed by atoms with Gasteiger partial charge in [0.2, 0.25) is 0 Å². The van der Waals surface area contributed by atoms with Gasteiger partial charge in [-0.2, -0.15) is 0 Å². The van der Waals surface area contributed by atoms with Gasteiger partial charge >= 0.3 is 0 Å². The summed E-state index contributed by atoms with van der Waals surface area (Å²) >= 11 is 0. The maximum Gasteiger partial charge on any atom is 0.150 e. The lowest BCUT2D eigenvalue weighted by molar-refractivity contribution is 0.112. The minimum absolute atomic E-state index is 0.566. The van der Waals surface area contributed by atoms with E-state index in [-0.39, 0.29) is 0 Å². The van der Waals surface area contributed by atoms with Crippen LogP contribution in [0.3, 0.4) is 0 Å². The van der Waals surface area contributed by atoms with Crippen LogP contribution in [-0.4, -0.2) is 23.4 Å². The Bertz CT molecular complexity index is 536. The van der Waals surface area contributed by atoms with Gasteiger partial charge in [0.05, 0.1) is 7.11 Å². The van der Waals surface area contributed by atoms with Crippen LogP contribution in [-0.2, 0) is 0 Å². The van der Waals surface area contributed by atoms with Gasteiger partial charge in [-0.25, -0.2) is 9.97 Å². The molecule has 0 amide bonds. The lowest BCUT2D eigenvalue weighted by Crippen LogP contribution is -1.93. The Morgan fingerprint density at radius 3 is 2.53 bits per heavy atom. The van der Waals surface area contributed by atoms with Gasteiger partial charge in [-0.05, 0) is 30.7 Å². The van der Waals surface area contributed by atoms with E-state index in [1.54, 1.807) is 25.6 Å². The molecule has 0 radical (unpaired) electrons. The maximum absolute atomic E-state index is 11.0. The standard InChI is InChI=1S/C13H12N2O2/c1-9-14-6-11(7-15-9)13-4-3-12(17-2)5-10(13)8-16/h3-8H,1-2H3. The highest BCUT2D eigenvalue weighted by Crippen LogP contribution is 2.25. The molecule has 4 nitrogen and oxygen atoms in total. The minimum atomic E-state index is 0.566. The average Bonchev–Trinajstić information content (AvgIpc) is 2.39. The van der Waals surface area contributed by atoms with Crippen LogP contribution in [0, 0.1) is 6.92 Å². The number of methoxy groups -OCH3 is 1. The molecule has 0 N–H and O–H groups in total. The van der Waals surface area contributed by atoms with Gasteiger partial charge < -0.3 is 4.74 Å². The Balaban J connectivity index is 2.51. The molecule has 0 bridgehead atoms. The number of benzene rings is 1. The van der Waals surface area contributed by atoms with Crippen LogP contribution in [0.4, 0.5) is 0 Å². The summed E-state index contributed by atoms with van der Waals surface area (Å²) in [5, 5.41) is 0. The second-order valence-electron chi connectivity index (χ2n) is 3.59. The van der Waals surface area contributed by atoms with E-state index in [0.29, 0.717) is 17.1 Å². The smallest absolute Gasteiger partial charge is 0.150 e. The summed E-state index contributed by atoms with van der Waals surface area (Å²) in [5.74, 6) is 1.36. The van der Waals surface area contributed by atoms with Crippen LogP contribution in [0.25, 0.3) is 11.1 Å². The number of aromatic nitrogens is 2. The third-order valence-corrected chi connectivity index (χ3v) is 2.48. The first-order chi connectivity index (χ1) is 8.24. The molecule has 0 atom stereocenters. The van der Waals surface area contributed by atoms with Crippen LogP contribution >= 0.6 is 0 Å².